The number of carbonyl (C=O) groups is 1. The number of methoxy groups -OCH3 is 1. The van der Waals surface area contributed by atoms with Crippen LogP contribution in [0, 0.1) is 0 Å². The van der Waals surface area contributed by atoms with Crippen LogP contribution in [0.15, 0.2) is 24.4 Å². The zero-order valence-corrected chi connectivity index (χ0v) is 20.5. The number of anilines is 2. The first-order valence-electron chi connectivity index (χ1n) is 11.7. The van der Waals surface area contributed by atoms with E-state index in [4.69, 9.17) is 24.2 Å². The van der Waals surface area contributed by atoms with Gasteiger partial charge < -0.3 is 24.4 Å². The number of morpholine rings is 1. The predicted octanol–water partition coefficient (Wildman–Crippen LogP) is 4.13. The van der Waals surface area contributed by atoms with E-state index < -0.39 is 0 Å². The number of carbonyl (C=O) groups excluding carboxylic acids is 1. The fourth-order valence-corrected chi connectivity index (χ4v) is 4.81. The molecule has 0 atom stereocenters. The average molecular weight is 486 g/mol. The van der Waals surface area contributed by atoms with E-state index in [1.165, 1.54) is 0 Å². The topological polar surface area (TPSA) is 98.7 Å². The number of nitrogens with one attached hydrogen (secondary N) is 1. The fraction of sp³-hybridized carbons (Fsp3) is 0.500. The van der Waals surface area contributed by atoms with Gasteiger partial charge in [-0.05, 0) is 31.9 Å². The Morgan fingerprint density at radius 3 is 2.79 bits per heavy atom. The highest BCUT2D eigenvalue weighted by atomic mass is 32.1. The molecule has 1 saturated heterocycles. The van der Waals surface area contributed by atoms with Gasteiger partial charge in [0.2, 0.25) is 5.88 Å². The summed E-state index contributed by atoms with van der Waals surface area (Å²) in [5.41, 5.74) is 1.76. The van der Waals surface area contributed by atoms with Gasteiger partial charge in [0.1, 0.15) is 0 Å². The Balaban J connectivity index is 1.48. The van der Waals surface area contributed by atoms with Gasteiger partial charge in [0.25, 0.3) is 0 Å². The van der Waals surface area contributed by atoms with Crippen LogP contribution in [0.1, 0.15) is 32.6 Å². The van der Waals surface area contributed by atoms with Crippen LogP contribution in [0.4, 0.5) is 10.8 Å². The molecule has 0 radical (unpaired) electrons. The third kappa shape index (κ3) is 6.12. The number of ether oxygens (including phenoxy) is 3. The molecule has 9 nitrogen and oxygen atoms in total. The van der Waals surface area contributed by atoms with Crippen molar-refractivity contribution in [3.8, 4) is 17.3 Å². The van der Waals surface area contributed by atoms with Crippen molar-refractivity contribution in [1.29, 1.82) is 0 Å². The van der Waals surface area contributed by atoms with Crippen molar-refractivity contribution in [3.63, 3.8) is 0 Å². The van der Waals surface area contributed by atoms with Crippen LogP contribution < -0.4 is 15.0 Å². The molecule has 0 saturated carbocycles. The van der Waals surface area contributed by atoms with Gasteiger partial charge in [-0.1, -0.05) is 6.42 Å². The smallest absolute Gasteiger partial charge is 0.305 e. The summed E-state index contributed by atoms with van der Waals surface area (Å²) < 4.78 is 16.8. The fourth-order valence-electron chi connectivity index (χ4n) is 3.77. The van der Waals surface area contributed by atoms with Gasteiger partial charge in [0.05, 0.1) is 42.1 Å². The Labute approximate surface area is 203 Å². The molecule has 1 aliphatic heterocycles. The molecular weight excluding hydrogens is 454 g/mol. The Bertz CT molecular complexity index is 1080. The van der Waals surface area contributed by atoms with Crippen molar-refractivity contribution in [2.45, 2.75) is 32.6 Å². The van der Waals surface area contributed by atoms with Crippen LogP contribution in [0.2, 0.25) is 0 Å². The summed E-state index contributed by atoms with van der Waals surface area (Å²) in [5.74, 6) is 2.03. The Hall–Kier alpha value is -2.98. The van der Waals surface area contributed by atoms with Crippen molar-refractivity contribution >= 4 is 38.3 Å². The molecule has 1 aliphatic rings. The SMILES string of the molecule is CCOC(=O)CCCCCNc1cc2nc(-c3ccc(OC)nc3)nc(N3CCOCC3)c2s1. The standard InChI is InChI=1S/C24H31N5O4S/c1-3-33-21(30)7-5-4-6-10-25-20-15-18-22(34-20)24(29-11-13-32-14-12-29)28-23(27-18)17-8-9-19(31-2)26-16-17/h8-9,15-16,25H,3-7,10-14H2,1-2H3. The number of hydrogen-bond donors (Lipinski definition) is 1. The number of fused-ring (bicyclic) bond motifs is 1. The van der Waals surface area contributed by atoms with Crippen LogP contribution in [-0.4, -0.2) is 67.5 Å². The maximum atomic E-state index is 11.5. The highest BCUT2D eigenvalue weighted by Gasteiger charge is 2.20. The number of unbranched alkanes of at least 4 members (excludes halogenated alkanes) is 2. The van der Waals surface area contributed by atoms with Crippen molar-refractivity contribution in [3.05, 3.63) is 24.4 Å². The quantitative estimate of drug-likeness (QED) is 0.317. The molecule has 0 bridgehead atoms. The van der Waals surface area contributed by atoms with Crippen LogP contribution in [0.3, 0.4) is 0 Å². The Kier molecular flexibility index (Phi) is 8.48. The zero-order valence-electron chi connectivity index (χ0n) is 19.7. The number of esters is 1. The van der Waals surface area contributed by atoms with Crippen LogP contribution in [-0.2, 0) is 14.3 Å². The summed E-state index contributed by atoms with van der Waals surface area (Å²) in [6.45, 7) is 6.09. The van der Waals surface area contributed by atoms with Gasteiger partial charge in [-0.3, -0.25) is 4.79 Å². The third-order valence-electron chi connectivity index (χ3n) is 5.53. The maximum Gasteiger partial charge on any atom is 0.305 e. The molecule has 4 rings (SSSR count). The first-order chi connectivity index (χ1) is 16.7. The molecule has 1 N–H and O–H groups in total. The van der Waals surface area contributed by atoms with Crippen molar-refractivity contribution in [2.75, 3.05) is 56.8 Å². The number of thiophene rings is 1. The molecule has 3 aromatic heterocycles. The monoisotopic (exact) mass is 485 g/mol. The van der Waals surface area contributed by atoms with Crippen LogP contribution in [0.5, 0.6) is 5.88 Å². The van der Waals surface area contributed by atoms with E-state index in [-0.39, 0.29) is 5.97 Å². The second kappa shape index (κ2) is 11.9. The molecule has 3 aromatic rings. The molecule has 182 valence electrons. The van der Waals surface area contributed by atoms with E-state index in [9.17, 15) is 4.79 Å². The van der Waals surface area contributed by atoms with E-state index >= 15 is 0 Å². The lowest BCUT2D eigenvalue weighted by molar-refractivity contribution is -0.143. The van der Waals surface area contributed by atoms with E-state index in [2.05, 4.69) is 21.3 Å². The molecule has 0 amide bonds. The lowest BCUT2D eigenvalue weighted by atomic mass is 10.2. The molecule has 10 heteroatoms. The average Bonchev–Trinajstić information content (AvgIpc) is 3.29. The Morgan fingerprint density at radius 1 is 1.21 bits per heavy atom. The molecule has 0 aliphatic carbocycles. The second-order valence-electron chi connectivity index (χ2n) is 7.93. The highest BCUT2D eigenvalue weighted by molar-refractivity contribution is 7.23. The van der Waals surface area contributed by atoms with Gasteiger partial charge in [0.15, 0.2) is 11.6 Å². The van der Waals surface area contributed by atoms with E-state index in [0.717, 1.165) is 65.5 Å². The minimum absolute atomic E-state index is 0.114. The normalized spacial score (nSPS) is 13.8. The summed E-state index contributed by atoms with van der Waals surface area (Å²) in [6, 6.07) is 5.84. The Morgan fingerprint density at radius 2 is 2.06 bits per heavy atom. The van der Waals surface area contributed by atoms with E-state index in [0.29, 0.717) is 37.9 Å². The van der Waals surface area contributed by atoms with Gasteiger partial charge in [-0.15, -0.1) is 11.3 Å². The predicted molar refractivity (Wildman–Crippen MR) is 134 cm³/mol. The minimum atomic E-state index is -0.114. The maximum absolute atomic E-state index is 11.5. The number of pyridine rings is 1. The molecule has 34 heavy (non-hydrogen) atoms. The summed E-state index contributed by atoms with van der Waals surface area (Å²) in [4.78, 5) is 27.8. The number of nitrogens with zero attached hydrogens (tertiary/aromatic N) is 4. The van der Waals surface area contributed by atoms with Crippen LogP contribution >= 0.6 is 11.3 Å². The lowest BCUT2D eigenvalue weighted by Crippen LogP contribution is -2.36. The number of rotatable bonds is 11. The summed E-state index contributed by atoms with van der Waals surface area (Å²) in [7, 11) is 1.60. The van der Waals surface area contributed by atoms with Crippen molar-refractivity contribution < 1.29 is 19.0 Å². The second-order valence-corrected chi connectivity index (χ2v) is 8.98. The highest BCUT2D eigenvalue weighted by Crippen LogP contribution is 2.37. The van der Waals surface area contributed by atoms with E-state index in [1.54, 1.807) is 24.6 Å². The summed E-state index contributed by atoms with van der Waals surface area (Å²) >= 11 is 1.67. The van der Waals surface area contributed by atoms with Crippen molar-refractivity contribution in [2.24, 2.45) is 0 Å². The minimum Gasteiger partial charge on any atom is -0.481 e. The molecule has 4 heterocycles. The van der Waals surface area contributed by atoms with Gasteiger partial charge in [-0.2, -0.15) is 0 Å². The van der Waals surface area contributed by atoms with Gasteiger partial charge in [-0.25, -0.2) is 15.0 Å². The number of aromatic nitrogens is 3. The first kappa shape index (κ1) is 24.2. The molecule has 0 unspecified atom stereocenters. The van der Waals surface area contributed by atoms with E-state index in [1.807, 2.05) is 19.1 Å². The summed E-state index contributed by atoms with van der Waals surface area (Å²) in [6.07, 6.45) is 5.03. The molecular formula is C24H31N5O4S. The summed E-state index contributed by atoms with van der Waals surface area (Å²) in [5, 5.41) is 4.58. The van der Waals surface area contributed by atoms with Gasteiger partial charge in [0, 0.05) is 43.9 Å². The van der Waals surface area contributed by atoms with Crippen LogP contribution in [0.25, 0.3) is 21.6 Å². The van der Waals surface area contributed by atoms with Gasteiger partial charge >= 0.3 is 5.97 Å². The first-order valence-corrected chi connectivity index (χ1v) is 12.5. The lowest BCUT2D eigenvalue weighted by Gasteiger charge is -2.28. The zero-order chi connectivity index (χ0) is 23.8. The number of hydrogen-bond acceptors (Lipinski definition) is 10. The van der Waals surface area contributed by atoms with Crippen molar-refractivity contribution in [1.82, 2.24) is 15.0 Å². The molecule has 0 spiro atoms. The molecule has 1 fully saturated rings. The molecule has 0 aromatic carbocycles. The third-order valence-corrected chi connectivity index (χ3v) is 6.61. The largest absolute Gasteiger partial charge is 0.481 e.